The Kier molecular flexibility index (Phi) is 2.25. The summed E-state index contributed by atoms with van der Waals surface area (Å²) >= 11 is 0. The summed E-state index contributed by atoms with van der Waals surface area (Å²) in [5.74, 6) is 0.747. The summed E-state index contributed by atoms with van der Waals surface area (Å²) in [6, 6.07) is 0. The number of amides is 1. The molecule has 0 atom stereocenters. The second kappa shape index (κ2) is 3.18. The Hall–Kier alpha value is -1.32. The van der Waals surface area contributed by atoms with Crippen molar-refractivity contribution in [3.05, 3.63) is 17.7 Å². The van der Waals surface area contributed by atoms with Crippen LogP contribution in [0.3, 0.4) is 0 Å². The molecule has 1 heterocycles. The fourth-order valence-electron chi connectivity index (χ4n) is 0.765. The molecule has 0 fully saturated rings. The highest BCUT2D eigenvalue weighted by Gasteiger charge is 1.96. The van der Waals surface area contributed by atoms with Crippen LogP contribution in [0.25, 0.3) is 0 Å². The Bertz CT molecular complexity index is 254. The average Bonchev–Trinajstić information content (AvgIpc) is 2.31. The molecule has 60 valence electrons. The van der Waals surface area contributed by atoms with Crippen LogP contribution in [0.4, 0.5) is 0 Å². The van der Waals surface area contributed by atoms with Gasteiger partial charge in [-0.2, -0.15) is 0 Å². The number of H-pyrrole nitrogens is 1. The number of hydrogen-bond donors (Lipinski definition) is 2. The van der Waals surface area contributed by atoms with E-state index in [-0.39, 0.29) is 5.91 Å². The molecule has 4 nitrogen and oxygen atoms in total. The van der Waals surface area contributed by atoms with Gasteiger partial charge in [-0.3, -0.25) is 4.79 Å². The minimum Gasteiger partial charge on any atom is -0.349 e. The van der Waals surface area contributed by atoms with Gasteiger partial charge >= 0.3 is 0 Å². The molecule has 0 aliphatic rings. The molecular weight excluding hydrogens is 142 g/mol. The number of aromatic amines is 1. The molecule has 2 N–H and O–H groups in total. The molecule has 0 saturated heterocycles. The highest BCUT2D eigenvalue weighted by atomic mass is 16.1. The highest BCUT2D eigenvalue weighted by molar-refractivity contribution is 5.72. The summed E-state index contributed by atoms with van der Waals surface area (Å²) < 4.78 is 0. The van der Waals surface area contributed by atoms with Gasteiger partial charge < -0.3 is 10.3 Å². The van der Waals surface area contributed by atoms with Crippen LogP contribution < -0.4 is 5.32 Å². The van der Waals surface area contributed by atoms with E-state index in [0.29, 0.717) is 6.54 Å². The Labute approximate surface area is 65.0 Å². The lowest BCUT2D eigenvalue weighted by molar-refractivity contribution is -0.119. The van der Waals surface area contributed by atoms with Crippen molar-refractivity contribution in [1.82, 2.24) is 15.3 Å². The van der Waals surface area contributed by atoms with Gasteiger partial charge in [0.15, 0.2) is 0 Å². The maximum Gasteiger partial charge on any atom is 0.217 e. The average molecular weight is 153 g/mol. The van der Waals surface area contributed by atoms with Crippen molar-refractivity contribution >= 4 is 5.91 Å². The number of nitrogens with zero attached hydrogens (tertiary/aromatic N) is 1. The summed E-state index contributed by atoms with van der Waals surface area (Å²) in [5, 5.41) is 2.64. The van der Waals surface area contributed by atoms with Gasteiger partial charge in [0.2, 0.25) is 5.91 Å². The van der Waals surface area contributed by atoms with Crippen molar-refractivity contribution < 1.29 is 4.79 Å². The molecule has 0 aliphatic heterocycles. The predicted octanol–water partition coefficient (Wildman–Crippen LogP) is 0.354. The molecule has 0 unspecified atom stereocenters. The van der Waals surface area contributed by atoms with Crippen LogP contribution in [0.5, 0.6) is 0 Å². The minimum atomic E-state index is -0.0425. The molecule has 1 aromatic rings. The lowest BCUT2D eigenvalue weighted by Gasteiger charge is -1.96. The molecule has 1 aromatic heterocycles. The molecule has 0 bridgehead atoms. The normalized spacial score (nSPS) is 9.64. The van der Waals surface area contributed by atoms with Gasteiger partial charge in [-0.25, -0.2) is 4.98 Å². The van der Waals surface area contributed by atoms with Gasteiger partial charge in [0, 0.05) is 18.8 Å². The van der Waals surface area contributed by atoms with Crippen LogP contribution in [0, 0.1) is 6.92 Å². The zero-order chi connectivity index (χ0) is 8.27. The molecule has 1 amide bonds. The molecular formula is C7H11N3O. The molecule has 4 heteroatoms. The summed E-state index contributed by atoms with van der Waals surface area (Å²) in [4.78, 5) is 17.5. The van der Waals surface area contributed by atoms with E-state index in [0.717, 1.165) is 11.5 Å². The topological polar surface area (TPSA) is 57.8 Å². The van der Waals surface area contributed by atoms with Gasteiger partial charge in [0.05, 0.1) is 6.54 Å². The molecule has 0 saturated carbocycles. The first-order valence-corrected chi connectivity index (χ1v) is 3.43. The summed E-state index contributed by atoms with van der Waals surface area (Å²) in [6.07, 6.45) is 1.73. The van der Waals surface area contributed by atoms with Gasteiger partial charge in [-0.05, 0) is 6.92 Å². The fraction of sp³-hybridized carbons (Fsp3) is 0.429. The molecule has 0 spiro atoms. The Morgan fingerprint density at radius 3 is 3.00 bits per heavy atom. The van der Waals surface area contributed by atoms with Crippen LogP contribution in [0.1, 0.15) is 18.4 Å². The molecule has 1 rings (SSSR count). The third kappa shape index (κ3) is 2.41. The smallest absolute Gasteiger partial charge is 0.217 e. The first-order chi connectivity index (χ1) is 5.18. The number of aromatic nitrogens is 2. The lowest BCUT2D eigenvalue weighted by atomic mass is 10.5. The van der Waals surface area contributed by atoms with Crippen molar-refractivity contribution in [2.45, 2.75) is 20.4 Å². The highest BCUT2D eigenvalue weighted by Crippen LogP contribution is 1.93. The summed E-state index contributed by atoms with van der Waals surface area (Å²) in [6.45, 7) is 3.88. The predicted molar refractivity (Wildman–Crippen MR) is 40.8 cm³/mol. The molecule has 0 aromatic carbocycles. The van der Waals surface area contributed by atoms with E-state index in [2.05, 4.69) is 15.3 Å². The number of carbonyl (C=O) groups excluding carboxylic acids is 1. The number of imidazole rings is 1. The largest absolute Gasteiger partial charge is 0.349 e. The van der Waals surface area contributed by atoms with E-state index in [9.17, 15) is 4.79 Å². The van der Waals surface area contributed by atoms with E-state index in [1.54, 1.807) is 6.20 Å². The number of carbonyl (C=O) groups is 1. The second-order valence-corrected chi connectivity index (χ2v) is 2.42. The maximum atomic E-state index is 10.5. The SMILES string of the molecule is CC(=O)NCc1ncc(C)[nH]1. The zero-order valence-electron chi connectivity index (χ0n) is 6.64. The van der Waals surface area contributed by atoms with Crippen LogP contribution >= 0.6 is 0 Å². The van der Waals surface area contributed by atoms with Crippen molar-refractivity contribution in [3.63, 3.8) is 0 Å². The van der Waals surface area contributed by atoms with Crippen LogP contribution in [-0.4, -0.2) is 15.9 Å². The lowest BCUT2D eigenvalue weighted by Crippen LogP contribution is -2.19. The van der Waals surface area contributed by atoms with Gasteiger partial charge in [0.25, 0.3) is 0 Å². The van der Waals surface area contributed by atoms with Crippen LogP contribution in [0.2, 0.25) is 0 Å². The zero-order valence-corrected chi connectivity index (χ0v) is 6.64. The third-order valence-corrected chi connectivity index (χ3v) is 1.26. The summed E-state index contributed by atoms with van der Waals surface area (Å²) in [5.41, 5.74) is 1.00. The van der Waals surface area contributed by atoms with E-state index in [4.69, 9.17) is 0 Å². The second-order valence-electron chi connectivity index (χ2n) is 2.42. The third-order valence-electron chi connectivity index (χ3n) is 1.26. The van der Waals surface area contributed by atoms with E-state index in [1.165, 1.54) is 6.92 Å². The quantitative estimate of drug-likeness (QED) is 0.644. The van der Waals surface area contributed by atoms with Crippen LogP contribution in [-0.2, 0) is 11.3 Å². The molecule has 0 radical (unpaired) electrons. The van der Waals surface area contributed by atoms with Crippen molar-refractivity contribution in [2.24, 2.45) is 0 Å². The Morgan fingerprint density at radius 1 is 1.82 bits per heavy atom. The number of aryl methyl sites for hydroxylation is 1. The van der Waals surface area contributed by atoms with Crippen molar-refractivity contribution in [2.75, 3.05) is 0 Å². The maximum absolute atomic E-state index is 10.5. The fourth-order valence-corrected chi connectivity index (χ4v) is 0.765. The number of rotatable bonds is 2. The molecule has 11 heavy (non-hydrogen) atoms. The number of nitrogens with one attached hydrogen (secondary N) is 2. The van der Waals surface area contributed by atoms with E-state index >= 15 is 0 Å². The Morgan fingerprint density at radius 2 is 2.55 bits per heavy atom. The van der Waals surface area contributed by atoms with Gasteiger partial charge in [-0.1, -0.05) is 0 Å². The molecule has 0 aliphatic carbocycles. The number of hydrogen-bond acceptors (Lipinski definition) is 2. The van der Waals surface area contributed by atoms with Gasteiger partial charge in [-0.15, -0.1) is 0 Å². The first kappa shape index (κ1) is 7.78. The minimum absolute atomic E-state index is 0.0425. The van der Waals surface area contributed by atoms with Crippen molar-refractivity contribution in [1.29, 1.82) is 0 Å². The van der Waals surface area contributed by atoms with E-state index < -0.39 is 0 Å². The van der Waals surface area contributed by atoms with E-state index in [1.807, 2.05) is 6.92 Å². The van der Waals surface area contributed by atoms with Gasteiger partial charge in [0.1, 0.15) is 5.82 Å². The monoisotopic (exact) mass is 153 g/mol. The first-order valence-electron chi connectivity index (χ1n) is 3.43. The van der Waals surface area contributed by atoms with Crippen LogP contribution in [0.15, 0.2) is 6.20 Å². The Balaban J connectivity index is 2.45. The van der Waals surface area contributed by atoms with Crippen molar-refractivity contribution in [3.8, 4) is 0 Å². The standard InChI is InChI=1S/C7H11N3O/c1-5-3-9-7(10-5)4-8-6(2)11/h3H,4H2,1-2H3,(H,8,11)(H,9,10). The summed E-state index contributed by atoms with van der Waals surface area (Å²) in [7, 11) is 0.